The smallest absolute Gasteiger partial charge is 0.163 e. The lowest BCUT2D eigenvalue weighted by atomic mass is 9.94. The van der Waals surface area contributed by atoms with Crippen LogP contribution in [0.2, 0.25) is 0 Å². The molecule has 0 aliphatic heterocycles. The lowest BCUT2D eigenvalue weighted by Gasteiger charge is -2.18. The Hall–Kier alpha value is -1.61. The third-order valence-corrected chi connectivity index (χ3v) is 3.99. The summed E-state index contributed by atoms with van der Waals surface area (Å²) in [6.45, 7) is 0.835. The van der Waals surface area contributed by atoms with Crippen molar-refractivity contribution in [2.75, 3.05) is 27.7 Å². The molecule has 1 aliphatic rings. The Labute approximate surface area is 127 Å². The predicted molar refractivity (Wildman–Crippen MR) is 86.5 cm³/mol. The van der Waals surface area contributed by atoms with Crippen molar-refractivity contribution in [3.05, 3.63) is 35.4 Å². The number of hydrogen-bond acceptors (Lipinski definition) is 3. The van der Waals surface area contributed by atoms with E-state index >= 15 is 0 Å². The molecule has 1 saturated carbocycles. The van der Waals surface area contributed by atoms with Gasteiger partial charge in [-0.2, -0.15) is 0 Å². The lowest BCUT2D eigenvalue weighted by Crippen LogP contribution is -2.27. The largest absolute Gasteiger partial charge is 0.496 e. The van der Waals surface area contributed by atoms with Crippen LogP contribution in [0.4, 0.5) is 0 Å². The lowest BCUT2D eigenvalue weighted by molar-refractivity contribution is -0.119. The number of para-hydroxylation sites is 1. The predicted octanol–water partition coefficient (Wildman–Crippen LogP) is 3.40. The van der Waals surface area contributed by atoms with Gasteiger partial charge in [-0.15, -0.1) is 0 Å². The van der Waals surface area contributed by atoms with E-state index in [1.54, 1.807) is 7.11 Å². The van der Waals surface area contributed by atoms with Crippen LogP contribution in [0.1, 0.15) is 31.2 Å². The van der Waals surface area contributed by atoms with Crippen molar-refractivity contribution in [3.8, 4) is 5.75 Å². The number of rotatable bonds is 4. The highest BCUT2D eigenvalue weighted by atomic mass is 16.5. The van der Waals surface area contributed by atoms with Gasteiger partial charge in [-0.1, -0.05) is 24.6 Å². The van der Waals surface area contributed by atoms with Crippen LogP contribution in [0.25, 0.3) is 6.08 Å². The summed E-state index contributed by atoms with van der Waals surface area (Å²) in [6, 6.07) is 7.87. The van der Waals surface area contributed by atoms with Gasteiger partial charge in [0.15, 0.2) is 5.78 Å². The first kappa shape index (κ1) is 15.8. The fraction of sp³-hybridized carbons (Fsp3) is 0.500. The number of ether oxygens (including phenoxy) is 1. The molecule has 0 aromatic heterocycles. The maximum atomic E-state index is 12.7. The van der Waals surface area contributed by atoms with E-state index in [4.69, 9.17) is 4.74 Å². The van der Waals surface area contributed by atoms with E-state index in [0.717, 1.165) is 49.1 Å². The minimum Gasteiger partial charge on any atom is -0.496 e. The van der Waals surface area contributed by atoms with Crippen LogP contribution in [0.5, 0.6) is 5.75 Å². The van der Waals surface area contributed by atoms with Crippen molar-refractivity contribution in [2.24, 2.45) is 5.92 Å². The molecule has 1 unspecified atom stereocenters. The van der Waals surface area contributed by atoms with Gasteiger partial charge in [0.2, 0.25) is 0 Å². The number of hydrogen-bond donors (Lipinski definition) is 0. The third-order valence-electron chi connectivity index (χ3n) is 3.99. The maximum absolute atomic E-state index is 12.7. The van der Waals surface area contributed by atoms with E-state index in [2.05, 4.69) is 4.90 Å². The number of allylic oxidation sites excluding steroid dienone is 1. The van der Waals surface area contributed by atoms with Gasteiger partial charge in [0.1, 0.15) is 5.75 Å². The molecule has 1 fully saturated rings. The molecular weight excluding hydrogens is 262 g/mol. The van der Waals surface area contributed by atoms with E-state index in [1.807, 2.05) is 44.4 Å². The number of carbonyl (C=O) groups is 1. The summed E-state index contributed by atoms with van der Waals surface area (Å²) >= 11 is 0. The summed E-state index contributed by atoms with van der Waals surface area (Å²) in [5.41, 5.74) is 1.94. The number of methoxy groups -OCH3 is 1. The molecule has 3 nitrogen and oxygen atoms in total. The van der Waals surface area contributed by atoms with Gasteiger partial charge >= 0.3 is 0 Å². The summed E-state index contributed by atoms with van der Waals surface area (Å²) in [7, 11) is 5.73. The summed E-state index contributed by atoms with van der Waals surface area (Å²) in [5, 5.41) is 0. The SMILES string of the molecule is COc1ccccc1/C=C1\CCCCC(CN(C)C)C1=O. The summed E-state index contributed by atoms with van der Waals surface area (Å²) in [4.78, 5) is 14.9. The van der Waals surface area contributed by atoms with Crippen molar-refractivity contribution in [1.29, 1.82) is 0 Å². The standard InChI is InChI=1S/C18H25NO2/c1-19(2)13-16-10-5-4-9-15(18(16)20)12-14-8-6-7-11-17(14)21-3/h6-8,11-12,16H,4-5,9-10,13H2,1-3H3/b15-12+. The summed E-state index contributed by atoms with van der Waals surface area (Å²) in [5.74, 6) is 1.27. The van der Waals surface area contributed by atoms with Crippen LogP contribution in [-0.2, 0) is 4.79 Å². The summed E-state index contributed by atoms with van der Waals surface area (Å²) < 4.78 is 5.38. The molecule has 1 aromatic rings. The van der Waals surface area contributed by atoms with E-state index in [9.17, 15) is 4.79 Å². The molecule has 2 rings (SSSR count). The van der Waals surface area contributed by atoms with Gasteiger partial charge in [0, 0.05) is 18.0 Å². The Balaban J connectivity index is 2.27. The molecule has 0 radical (unpaired) electrons. The van der Waals surface area contributed by atoms with Crippen molar-refractivity contribution < 1.29 is 9.53 Å². The molecule has 1 aliphatic carbocycles. The molecule has 0 amide bonds. The van der Waals surface area contributed by atoms with Gasteiger partial charge in [-0.3, -0.25) is 4.79 Å². The molecule has 1 atom stereocenters. The zero-order chi connectivity index (χ0) is 15.2. The summed E-state index contributed by atoms with van der Waals surface area (Å²) in [6.07, 6.45) is 6.13. The van der Waals surface area contributed by atoms with Gasteiger partial charge in [0.05, 0.1) is 7.11 Å². The minimum absolute atomic E-state index is 0.128. The van der Waals surface area contributed by atoms with E-state index in [-0.39, 0.29) is 5.92 Å². The maximum Gasteiger partial charge on any atom is 0.163 e. The Kier molecular flexibility index (Phi) is 5.57. The Morgan fingerprint density at radius 1 is 1.29 bits per heavy atom. The van der Waals surface area contributed by atoms with Gasteiger partial charge in [0.25, 0.3) is 0 Å². The van der Waals surface area contributed by atoms with Crippen LogP contribution >= 0.6 is 0 Å². The van der Waals surface area contributed by atoms with Gasteiger partial charge in [-0.05, 0) is 51.1 Å². The van der Waals surface area contributed by atoms with Crippen LogP contribution in [0.15, 0.2) is 29.8 Å². The number of benzene rings is 1. The second kappa shape index (κ2) is 7.41. The molecule has 3 heteroatoms. The minimum atomic E-state index is 0.128. The highest BCUT2D eigenvalue weighted by Crippen LogP contribution is 2.28. The second-order valence-electron chi connectivity index (χ2n) is 5.98. The highest BCUT2D eigenvalue weighted by Gasteiger charge is 2.25. The molecule has 0 spiro atoms. The van der Waals surface area contributed by atoms with E-state index in [0.29, 0.717) is 5.78 Å². The number of carbonyl (C=O) groups excluding carboxylic acids is 1. The van der Waals surface area contributed by atoms with Crippen molar-refractivity contribution in [3.63, 3.8) is 0 Å². The average molecular weight is 287 g/mol. The molecule has 21 heavy (non-hydrogen) atoms. The number of nitrogens with zero attached hydrogens (tertiary/aromatic N) is 1. The first-order valence-electron chi connectivity index (χ1n) is 7.64. The molecule has 0 saturated heterocycles. The van der Waals surface area contributed by atoms with E-state index in [1.165, 1.54) is 0 Å². The molecule has 114 valence electrons. The van der Waals surface area contributed by atoms with E-state index < -0.39 is 0 Å². The second-order valence-corrected chi connectivity index (χ2v) is 5.98. The molecule has 0 N–H and O–H groups in total. The number of ketones is 1. The Bertz CT molecular complexity index is 520. The van der Waals surface area contributed by atoms with Crippen LogP contribution in [0, 0.1) is 5.92 Å². The monoisotopic (exact) mass is 287 g/mol. The van der Waals surface area contributed by atoms with Gasteiger partial charge < -0.3 is 9.64 Å². The van der Waals surface area contributed by atoms with Crippen molar-refractivity contribution in [2.45, 2.75) is 25.7 Å². The Morgan fingerprint density at radius 3 is 2.76 bits per heavy atom. The first-order chi connectivity index (χ1) is 10.1. The van der Waals surface area contributed by atoms with Crippen LogP contribution in [-0.4, -0.2) is 38.4 Å². The molecule has 1 aromatic carbocycles. The zero-order valence-electron chi connectivity index (χ0n) is 13.3. The van der Waals surface area contributed by atoms with Crippen LogP contribution < -0.4 is 4.74 Å². The average Bonchev–Trinajstić information content (AvgIpc) is 2.63. The molecule has 0 bridgehead atoms. The topological polar surface area (TPSA) is 29.5 Å². The quantitative estimate of drug-likeness (QED) is 0.628. The molecular formula is C18H25NO2. The van der Waals surface area contributed by atoms with Gasteiger partial charge in [-0.25, -0.2) is 0 Å². The number of Topliss-reactive ketones (excluding diaryl/α,β-unsaturated/α-hetero) is 1. The third kappa shape index (κ3) is 4.18. The highest BCUT2D eigenvalue weighted by molar-refractivity contribution is 6.01. The Morgan fingerprint density at radius 2 is 2.05 bits per heavy atom. The van der Waals surface area contributed by atoms with Crippen LogP contribution in [0.3, 0.4) is 0 Å². The first-order valence-corrected chi connectivity index (χ1v) is 7.64. The fourth-order valence-electron chi connectivity index (χ4n) is 2.95. The van der Waals surface area contributed by atoms with Crippen molar-refractivity contribution in [1.82, 2.24) is 4.90 Å². The fourth-order valence-corrected chi connectivity index (χ4v) is 2.95. The molecule has 0 heterocycles. The normalized spacial score (nSPS) is 21.6. The van der Waals surface area contributed by atoms with Crippen molar-refractivity contribution >= 4 is 11.9 Å². The zero-order valence-corrected chi connectivity index (χ0v) is 13.3.